The van der Waals surface area contributed by atoms with Gasteiger partial charge in [0.25, 0.3) is 0 Å². The lowest BCUT2D eigenvalue weighted by Crippen LogP contribution is -2.25. The van der Waals surface area contributed by atoms with Gasteiger partial charge < -0.3 is 5.73 Å². The SMILES string of the molecule is NC1=Cc2ccc3nc4ccccc4cc3c2C(=O)C1=O. The largest absolute Gasteiger partial charge is 0.395 e. The lowest BCUT2D eigenvalue weighted by atomic mass is 9.90. The molecular weight excluding hydrogens is 264 g/mol. The van der Waals surface area contributed by atoms with Crippen molar-refractivity contribution in [2.24, 2.45) is 5.73 Å². The van der Waals surface area contributed by atoms with E-state index in [2.05, 4.69) is 4.98 Å². The summed E-state index contributed by atoms with van der Waals surface area (Å²) in [5.41, 5.74) is 8.19. The third-order valence-electron chi connectivity index (χ3n) is 3.74. The number of Topliss-reactive ketones (excluding diaryl/α,β-unsaturated/α-hetero) is 2. The highest BCUT2D eigenvalue weighted by molar-refractivity contribution is 6.53. The average molecular weight is 274 g/mol. The van der Waals surface area contributed by atoms with E-state index in [0.717, 1.165) is 10.9 Å². The fourth-order valence-electron chi connectivity index (χ4n) is 2.72. The van der Waals surface area contributed by atoms with Crippen LogP contribution in [0.1, 0.15) is 15.9 Å². The molecule has 0 radical (unpaired) electrons. The maximum absolute atomic E-state index is 12.3. The molecule has 0 unspecified atom stereocenters. The smallest absolute Gasteiger partial charge is 0.249 e. The first-order valence-corrected chi connectivity index (χ1v) is 6.54. The van der Waals surface area contributed by atoms with Gasteiger partial charge in [-0.2, -0.15) is 0 Å². The Morgan fingerprint density at radius 2 is 1.71 bits per heavy atom. The van der Waals surface area contributed by atoms with Gasteiger partial charge in [0.2, 0.25) is 11.6 Å². The van der Waals surface area contributed by atoms with Crippen molar-refractivity contribution in [1.29, 1.82) is 0 Å². The predicted molar refractivity (Wildman–Crippen MR) is 80.8 cm³/mol. The van der Waals surface area contributed by atoms with Crippen LogP contribution in [0.4, 0.5) is 0 Å². The van der Waals surface area contributed by atoms with E-state index in [0.29, 0.717) is 22.0 Å². The molecule has 0 aliphatic heterocycles. The Bertz CT molecular complexity index is 987. The number of rotatable bonds is 0. The molecule has 1 heterocycles. The van der Waals surface area contributed by atoms with Crippen LogP contribution in [0, 0.1) is 0 Å². The first-order valence-electron chi connectivity index (χ1n) is 6.54. The molecule has 4 heteroatoms. The van der Waals surface area contributed by atoms with Crippen LogP contribution in [0.15, 0.2) is 48.2 Å². The summed E-state index contributed by atoms with van der Waals surface area (Å²) in [6.45, 7) is 0. The molecule has 21 heavy (non-hydrogen) atoms. The molecule has 0 saturated carbocycles. The fourth-order valence-corrected chi connectivity index (χ4v) is 2.72. The maximum atomic E-state index is 12.3. The quantitative estimate of drug-likeness (QED) is 0.505. The van der Waals surface area contributed by atoms with Crippen LogP contribution >= 0.6 is 0 Å². The number of aromatic nitrogens is 1. The third-order valence-corrected chi connectivity index (χ3v) is 3.74. The van der Waals surface area contributed by atoms with Crippen LogP contribution in [-0.2, 0) is 4.79 Å². The maximum Gasteiger partial charge on any atom is 0.249 e. The highest BCUT2D eigenvalue weighted by Gasteiger charge is 2.28. The molecule has 0 atom stereocenters. The summed E-state index contributed by atoms with van der Waals surface area (Å²) >= 11 is 0. The minimum atomic E-state index is -0.650. The molecule has 4 nitrogen and oxygen atoms in total. The van der Waals surface area contributed by atoms with E-state index in [1.165, 1.54) is 0 Å². The number of fused-ring (bicyclic) bond motifs is 4. The van der Waals surface area contributed by atoms with E-state index in [-0.39, 0.29) is 5.70 Å². The lowest BCUT2D eigenvalue weighted by molar-refractivity contribution is -0.111. The molecule has 2 aromatic carbocycles. The molecule has 0 bridgehead atoms. The molecular formula is C17H10N2O2. The van der Waals surface area contributed by atoms with Crippen LogP contribution in [0.25, 0.3) is 27.9 Å². The number of nitrogens with zero attached hydrogens (tertiary/aromatic N) is 1. The Kier molecular flexibility index (Phi) is 2.24. The molecule has 100 valence electrons. The number of para-hydroxylation sites is 1. The van der Waals surface area contributed by atoms with E-state index < -0.39 is 11.6 Å². The van der Waals surface area contributed by atoms with E-state index in [4.69, 9.17) is 5.73 Å². The Labute approximate surface area is 119 Å². The second-order valence-electron chi connectivity index (χ2n) is 5.04. The number of hydrogen-bond donors (Lipinski definition) is 1. The summed E-state index contributed by atoms with van der Waals surface area (Å²) < 4.78 is 0. The Morgan fingerprint density at radius 3 is 2.57 bits per heavy atom. The molecule has 2 N–H and O–H groups in total. The molecule has 0 spiro atoms. The Morgan fingerprint density at radius 1 is 0.905 bits per heavy atom. The van der Waals surface area contributed by atoms with Crippen molar-refractivity contribution in [3.8, 4) is 0 Å². The van der Waals surface area contributed by atoms with E-state index in [1.54, 1.807) is 12.1 Å². The van der Waals surface area contributed by atoms with Gasteiger partial charge in [-0.1, -0.05) is 24.3 Å². The van der Waals surface area contributed by atoms with Gasteiger partial charge in [0.05, 0.1) is 16.7 Å². The van der Waals surface area contributed by atoms with Gasteiger partial charge in [0.15, 0.2) is 0 Å². The molecule has 0 saturated heterocycles. The molecule has 4 rings (SSSR count). The van der Waals surface area contributed by atoms with Crippen LogP contribution in [0.5, 0.6) is 0 Å². The van der Waals surface area contributed by atoms with Crippen LogP contribution < -0.4 is 5.73 Å². The molecule has 0 fully saturated rings. The van der Waals surface area contributed by atoms with Crippen molar-refractivity contribution in [2.45, 2.75) is 0 Å². The van der Waals surface area contributed by atoms with Crippen molar-refractivity contribution in [2.75, 3.05) is 0 Å². The van der Waals surface area contributed by atoms with Gasteiger partial charge in [-0.3, -0.25) is 9.59 Å². The van der Waals surface area contributed by atoms with Gasteiger partial charge in [-0.05, 0) is 29.8 Å². The fraction of sp³-hybridized carbons (Fsp3) is 0. The van der Waals surface area contributed by atoms with Crippen molar-refractivity contribution < 1.29 is 9.59 Å². The van der Waals surface area contributed by atoms with E-state index >= 15 is 0 Å². The molecule has 1 aromatic heterocycles. The summed E-state index contributed by atoms with van der Waals surface area (Å²) in [6.07, 6.45) is 1.55. The first-order chi connectivity index (χ1) is 10.1. The number of pyridine rings is 1. The van der Waals surface area contributed by atoms with Crippen LogP contribution in [0.3, 0.4) is 0 Å². The van der Waals surface area contributed by atoms with Crippen molar-refractivity contribution >= 4 is 39.4 Å². The monoisotopic (exact) mass is 274 g/mol. The topological polar surface area (TPSA) is 73.0 Å². The zero-order valence-corrected chi connectivity index (χ0v) is 11.0. The number of ketones is 2. The van der Waals surface area contributed by atoms with Gasteiger partial charge in [0, 0.05) is 16.3 Å². The lowest BCUT2D eigenvalue weighted by Gasteiger charge is -2.14. The minimum Gasteiger partial charge on any atom is -0.395 e. The zero-order valence-electron chi connectivity index (χ0n) is 11.0. The number of carbonyl (C=O) groups excluding carboxylic acids is 2. The van der Waals surface area contributed by atoms with Gasteiger partial charge in [-0.15, -0.1) is 0 Å². The van der Waals surface area contributed by atoms with Gasteiger partial charge in [-0.25, -0.2) is 4.98 Å². The van der Waals surface area contributed by atoms with Crippen molar-refractivity contribution in [3.63, 3.8) is 0 Å². The second kappa shape index (κ2) is 3.99. The molecule has 0 amide bonds. The number of nitrogens with two attached hydrogens (primary N) is 1. The molecule has 3 aromatic rings. The van der Waals surface area contributed by atoms with Crippen LogP contribution in [-0.4, -0.2) is 16.6 Å². The highest BCUT2D eigenvalue weighted by atomic mass is 16.2. The number of carbonyl (C=O) groups is 2. The zero-order chi connectivity index (χ0) is 14.6. The minimum absolute atomic E-state index is 0.0133. The number of benzene rings is 2. The van der Waals surface area contributed by atoms with Gasteiger partial charge >= 0.3 is 0 Å². The average Bonchev–Trinajstić information content (AvgIpc) is 2.50. The van der Waals surface area contributed by atoms with E-state index in [9.17, 15) is 9.59 Å². The third kappa shape index (κ3) is 1.59. The normalized spacial score (nSPS) is 14.4. The first kappa shape index (κ1) is 11.8. The summed E-state index contributed by atoms with van der Waals surface area (Å²) in [5.74, 6) is -1.21. The standard InChI is InChI=1S/C17H10N2O2/c18-12-8-10-5-6-14-11(15(10)17(21)16(12)20)7-9-3-1-2-4-13(9)19-14/h1-8H,18H2. The highest BCUT2D eigenvalue weighted by Crippen LogP contribution is 2.29. The Balaban J connectivity index is 2.17. The molecule has 1 aliphatic rings. The summed E-state index contributed by atoms with van der Waals surface area (Å²) in [4.78, 5) is 28.7. The van der Waals surface area contributed by atoms with E-state index in [1.807, 2.05) is 36.4 Å². The van der Waals surface area contributed by atoms with Crippen molar-refractivity contribution in [1.82, 2.24) is 4.98 Å². The van der Waals surface area contributed by atoms with Crippen molar-refractivity contribution in [3.05, 3.63) is 59.3 Å². The number of hydrogen-bond acceptors (Lipinski definition) is 4. The summed E-state index contributed by atoms with van der Waals surface area (Å²) in [5, 5.41) is 1.62. The second-order valence-corrected chi connectivity index (χ2v) is 5.04. The molecule has 1 aliphatic carbocycles. The van der Waals surface area contributed by atoms with Crippen LogP contribution in [0.2, 0.25) is 0 Å². The summed E-state index contributed by atoms with van der Waals surface area (Å²) in [6, 6.07) is 13.2. The predicted octanol–water partition coefficient (Wildman–Crippen LogP) is 2.45. The summed E-state index contributed by atoms with van der Waals surface area (Å²) in [7, 11) is 0. The van der Waals surface area contributed by atoms with Gasteiger partial charge in [0.1, 0.15) is 0 Å². The Hall–Kier alpha value is -3.01. The number of allylic oxidation sites excluding steroid dienone is 1.